The van der Waals surface area contributed by atoms with Gasteiger partial charge >= 0.3 is 0 Å². The second-order valence-corrected chi connectivity index (χ2v) is 7.64. The molecule has 0 heterocycles. The fourth-order valence-electron chi connectivity index (χ4n) is 3.12. The molecule has 0 aliphatic rings. The quantitative estimate of drug-likeness (QED) is 0.492. The molecule has 0 bridgehead atoms. The van der Waals surface area contributed by atoms with Crippen molar-refractivity contribution in [3.05, 3.63) is 54.1 Å². The Kier molecular flexibility index (Phi) is 9.88. The predicted octanol–water partition coefficient (Wildman–Crippen LogP) is 5.18. The van der Waals surface area contributed by atoms with Crippen LogP contribution in [0, 0.1) is 0 Å². The monoisotopic (exact) mass is 425 g/mol. The molecule has 2 rings (SSSR count). The Labute approximate surface area is 186 Å². The molecule has 2 amide bonds. The van der Waals surface area contributed by atoms with Gasteiger partial charge in [-0.2, -0.15) is 0 Å². The van der Waals surface area contributed by atoms with Crippen LogP contribution in [-0.4, -0.2) is 42.5 Å². The fourth-order valence-corrected chi connectivity index (χ4v) is 3.12. The van der Waals surface area contributed by atoms with Crippen LogP contribution in [-0.2, 0) is 4.79 Å². The van der Waals surface area contributed by atoms with Crippen LogP contribution in [0.15, 0.2) is 48.5 Å². The third-order valence-electron chi connectivity index (χ3n) is 4.89. The summed E-state index contributed by atoms with van der Waals surface area (Å²) in [4.78, 5) is 27.0. The number of rotatable bonds is 12. The van der Waals surface area contributed by atoms with Gasteiger partial charge in [-0.1, -0.05) is 26.8 Å². The minimum Gasteiger partial charge on any atom is -0.491 e. The summed E-state index contributed by atoms with van der Waals surface area (Å²) >= 11 is 0. The highest BCUT2D eigenvalue weighted by Crippen LogP contribution is 2.18. The molecule has 0 saturated carbocycles. The van der Waals surface area contributed by atoms with E-state index in [1.54, 1.807) is 6.07 Å². The zero-order chi connectivity index (χ0) is 22.6. The van der Waals surface area contributed by atoms with Crippen molar-refractivity contribution in [2.45, 2.75) is 53.1 Å². The van der Waals surface area contributed by atoms with Gasteiger partial charge in [0.2, 0.25) is 5.91 Å². The van der Waals surface area contributed by atoms with E-state index in [2.05, 4.69) is 31.4 Å². The maximum atomic E-state index is 12.8. The zero-order valence-electron chi connectivity index (χ0n) is 19.1. The molecule has 0 spiro atoms. The maximum absolute atomic E-state index is 12.8. The lowest BCUT2D eigenvalue weighted by Crippen LogP contribution is -2.32. The van der Waals surface area contributed by atoms with E-state index in [0.29, 0.717) is 11.3 Å². The minimum absolute atomic E-state index is 0.0245. The smallest absolute Gasteiger partial charge is 0.253 e. The van der Waals surface area contributed by atoms with Crippen molar-refractivity contribution in [1.29, 1.82) is 0 Å². The highest BCUT2D eigenvalue weighted by Gasteiger charge is 2.14. The maximum Gasteiger partial charge on any atom is 0.253 e. The van der Waals surface area contributed by atoms with Crippen molar-refractivity contribution in [3.8, 4) is 5.75 Å². The van der Waals surface area contributed by atoms with Gasteiger partial charge in [0.05, 0.1) is 12.6 Å². The normalized spacial score (nSPS) is 11.5. The number of carbonyl (C=O) groups excluding carboxylic acids is 2. The average Bonchev–Trinajstić information content (AvgIpc) is 2.78. The van der Waals surface area contributed by atoms with Crippen molar-refractivity contribution in [2.24, 2.45) is 0 Å². The van der Waals surface area contributed by atoms with Gasteiger partial charge in [0.15, 0.2) is 0 Å². The molecule has 6 nitrogen and oxygen atoms in total. The Bertz CT molecular complexity index is 830. The molecule has 0 radical (unpaired) electrons. The standard InChI is InChI=1S/C25H35N3O3/c1-5-15-28(16-6-2)25(30)20-9-8-10-22(17-20)26-18-24(29)27-21-11-13-23(14-12-21)31-19(4)7-3/h8-14,17,19,26H,5-7,15-16,18H2,1-4H3,(H,27,29). The van der Waals surface area contributed by atoms with Gasteiger partial charge in [-0.15, -0.1) is 0 Å². The van der Waals surface area contributed by atoms with E-state index in [4.69, 9.17) is 4.74 Å². The van der Waals surface area contributed by atoms with Crippen LogP contribution in [0.5, 0.6) is 5.75 Å². The number of amides is 2. The van der Waals surface area contributed by atoms with Crippen LogP contribution >= 0.6 is 0 Å². The highest BCUT2D eigenvalue weighted by atomic mass is 16.5. The summed E-state index contributed by atoms with van der Waals surface area (Å²) in [5, 5.41) is 5.96. The molecule has 0 aromatic heterocycles. The first-order valence-electron chi connectivity index (χ1n) is 11.2. The topological polar surface area (TPSA) is 70.7 Å². The van der Waals surface area contributed by atoms with Crippen molar-refractivity contribution in [2.75, 3.05) is 30.3 Å². The lowest BCUT2D eigenvalue weighted by molar-refractivity contribution is -0.114. The third-order valence-corrected chi connectivity index (χ3v) is 4.89. The van der Waals surface area contributed by atoms with Gasteiger partial charge < -0.3 is 20.3 Å². The summed E-state index contributed by atoms with van der Waals surface area (Å²) in [6.45, 7) is 9.83. The number of hydrogen-bond acceptors (Lipinski definition) is 4. The summed E-state index contributed by atoms with van der Waals surface area (Å²) in [5.41, 5.74) is 2.08. The first-order valence-corrected chi connectivity index (χ1v) is 11.2. The van der Waals surface area contributed by atoms with E-state index < -0.39 is 0 Å². The summed E-state index contributed by atoms with van der Waals surface area (Å²) in [7, 11) is 0. The van der Waals surface area contributed by atoms with Crippen molar-refractivity contribution in [1.82, 2.24) is 4.90 Å². The van der Waals surface area contributed by atoms with E-state index in [0.717, 1.165) is 43.8 Å². The lowest BCUT2D eigenvalue weighted by Gasteiger charge is -2.21. The Balaban J connectivity index is 1.90. The Morgan fingerprint density at radius 3 is 2.26 bits per heavy atom. The molecule has 2 N–H and O–H groups in total. The van der Waals surface area contributed by atoms with Gasteiger partial charge in [-0.05, 0) is 68.7 Å². The van der Waals surface area contributed by atoms with Gasteiger partial charge in [0.1, 0.15) is 5.75 Å². The van der Waals surface area contributed by atoms with Gasteiger partial charge in [-0.25, -0.2) is 0 Å². The van der Waals surface area contributed by atoms with Crippen molar-refractivity contribution in [3.63, 3.8) is 0 Å². The van der Waals surface area contributed by atoms with Crippen LogP contribution in [0.1, 0.15) is 57.3 Å². The average molecular weight is 426 g/mol. The van der Waals surface area contributed by atoms with Gasteiger partial charge in [-0.3, -0.25) is 9.59 Å². The summed E-state index contributed by atoms with van der Waals surface area (Å²) in [6, 6.07) is 14.7. The number of nitrogens with one attached hydrogen (secondary N) is 2. The van der Waals surface area contributed by atoms with E-state index in [1.165, 1.54) is 0 Å². The molecule has 0 saturated heterocycles. The largest absolute Gasteiger partial charge is 0.491 e. The van der Waals surface area contributed by atoms with Crippen LogP contribution in [0.2, 0.25) is 0 Å². The first-order chi connectivity index (χ1) is 15.0. The predicted molar refractivity (Wildman–Crippen MR) is 127 cm³/mol. The number of carbonyl (C=O) groups is 2. The molecule has 2 aromatic carbocycles. The summed E-state index contributed by atoms with van der Waals surface area (Å²) < 4.78 is 5.75. The molecule has 31 heavy (non-hydrogen) atoms. The van der Waals surface area contributed by atoms with Crippen LogP contribution < -0.4 is 15.4 Å². The number of benzene rings is 2. The number of nitrogens with zero attached hydrogens (tertiary/aromatic N) is 1. The number of hydrogen-bond donors (Lipinski definition) is 2. The first kappa shape index (κ1) is 24.3. The Morgan fingerprint density at radius 2 is 1.65 bits per heavy atom. The van der Waals surface area contributed by atoms with E-state index in [9.17, 15) is 9.59 Å². The molecule has 6 heteroatoms. The van der Waals surface area contributed by atoms with Crippen molar-refractivity contribution >= 4 is 23.2 Å². The molecule has 1 atom stereocenters. The molecular formula is C25H35N3O3. The second-order valence-electron chi connectivity index (χ2n) is 7.64. The molecule has 0 aliphatic heterocycles. The summed E-state index contributed by atoms with van der Waals surface area (Å²) in [6.07, 6.45) is 2.94. The molecule has 1 unspecified atom stereocenters. The summed E-state index contributed by atoms with van der Waals surface area (Å²) in [5.74, 6) is 0.648. The highest BCUT2D eigenvalue weighted by molar-refractivity contribution is 5.96. The van der Waals surface area contributed by atoms with Gasteiger partial charge in [0, 0.05) is 30.0 Å². The van der Waals surface area contributed by atoms with Crippen LogP contribution in [0.25, 0.3) is 0 Å². The molecule has 2 aromatic rings. The SMILES string of the molecule is CCCN(CCC)C(=O)c1cccc(NCC(=O)Nc2ccc(OC(C)CC)cc2)c1. The van der Waals surface area contributed by atoms with Crippen LogP contribution in [0.4, 0.5) is 11.4 Å². The zero-order valence-corrected chi connectivity index (χ0v) is 19.1. The van der Waals surface area contributed by atoms with Crippen molar-refractivity contribution < 1.29 is 14.3 Å². The lowest BCUT2D eigenvalue weighted by atomic mass is 10.1. The molecular weight excluding hydrogens is 390 g/mol. The molecule has 0 fully saturated rings. The third kappa shape index (κ3) is 7.96. The number of anilines is 2. The Hall–Kier alpha value is -3.02. The van der Waals surface area contributed by atoms with E-state index >= 15 is 0 Å². The number of ether oxygens (including phenoxy) is 1. The minimum atomic E-state index is -0.161. The van der Waals surface area contributed by atoms with Gasteiger partial charge in [0.25, 0.3) is 5.91 Å². The Morgan fingerprint density at radius 1 is 0.968 bits per heavy atom. The molecule has 168 valence electrons. The fraction of sp³-hybridized carbons (Fsp3) is 0.440. The molecule has 0 aliphatic carbocycles. The van der Waals surface area contributed by atoms with E-state index in [1.807, 2.05) is 54.3 Å². The van der Waals surface area contributed by atoms with E-state index in [-0.39, 0.29) is 24.5 Å². The van der Waals surface area contributed by atoms with Crippen LogP contribution in [0.3, 0.4) is 0 Å². The second kappa shape index (κ2) is 12.6.